The molecule has 146 valence electrons. The summed E-state index contributed by atoms with van der Waals surface area (Å²) in [4.78, 5) is 40.0. The quantitative estimate of drug-likeness (QED) is 0.737. The lowest BCUT2D eigenvalue weighted by molar-refractivity contribution is -0.129. The number of hydrogen-bond donors (Lipinski definition) is 1. The molecule has 0 unspecified atom stereocenters. The lowest BCUT2D eigenvalue weighted by Crippen LogP contribution is -2.49. The van der Waals surface area contributed by atoms with Crippen LogP contribution in [-0.2, 0) is 14.4 Å². The number of amides is 3. The van der Waals surface area contributed by atoms with Crippen molar-refractivity contribution < 1.29 is 19.1 Å². The number of ether oxygens (including phenoxy) is 1. The number of fused-ring (bicyclic) bond motifs is 1. The van der Waals surface area contributed by atoms with Gasteiger partial charge in [0.2, 0.25) is 11.8 Å². The number of nitrogens with zero attached hydrogens (tertiary/aromatic N) is 2. The van der Waals surface area contributed by atoms with E-state index in [2.05, 4.69) is 5.32 Å². The third-order valence-electron chi connectivity index (χ3n) is 4.99. The van der Waals surface area contributed by atoms with E-state index in [-0.39, 0.29) is 24.3 Å². The molecule has 2 heterocycles. The molecule has 2 aliphatic rings. The van der Waals surface area contributed by atoms with Gasteiger partial charge in [0.1, 0.15) is 12.3 Å². The largest absolute Gasteiger partial charge is 0.478 e. The topological polar surface area (TPSA) is 79.0 Å². The Labute approximate surface area is 159 Å². The molecular weight excluding hydrogens is 346 g/mol. The van der Waals surface area contributed by atoms with Crippen molar-refractivity contribution in [3.8, 4) is 5.75 Å². The summed E-state index contributed by atoms with van der Waals surface area (Å²) in [5.74, 6) is 0.430. The SMILES string of the molecule is CC[C@H]1Oc2ccc(C)cc2N(CC(=O)NCCCN2CCCC2=O)C1=O. The fourth-order valence-corrected chi connectivity index (χ4v) is 3.49. The molecule has 1 atom stereocenters. The van der Waals surface area contributed by atoms with Crippen molar-refractivity contribution in [3.05, 3.63) is 23.8 Å². The Morgan fingerprint density at radius 3 is 2.85 bits per heavy atom. The number of aryl methyl sites for hydroxylation is 1. The normalized spacial score (nSPS) is 19.1. The Kier molecular flexibility index (Phi) is 5.98. The van der Waals surface area contributed by atoms with Crippen molar-refractivity contribution in [1.29, 1.82) is 0 Å². The van der Waals surface area contributed by atoms with Gasteiger partial charge >= 0.3 is 0 Å². The molecule has 3 rings (SSSR count). The monoisotopic (exact) mass is 373 g/mol. The van der Waals surface area contributed by atoms with Crippen molar-refractivity contribution >= 4 is 23.4 Å². The number of nitrogens with one attached hydrogen (secondary N) is 1. The zero-order valence-electron chi connectivity index (χ0n) is 16.0. The molecule has 1 saturated heterocycles. The molecule has 1 fully saturated rings. The predicted octanol–water partition coefficient (Wildman–Crippen LogP) is 1.63. The fraction of sp³-hybridized carbons (Fsp3) is 0.550. The summed E-state index contributed by atoms with van der Waals surface area (Å²) in [6.45, 7) is 5.75. The van der Waals surface area contributed by atoms with Gasteiger partial charge in [-0.15, -0.1) is 0 Å². The highest BCUT2D eigenvalue weighted by Crippen LogP contribution is 2.35. The summed E-state index contributed by atoms with van der Waals surface area (Å²) in [6, 6.07) is 5.64. The molecule has 3 amide bonds. The first kappa shape index (κ1) is 19.2. The van der Waals surface area contributed by atoms with Crippen molar-refractivity contribution in [3.63, 3.8) is 0 Å². The van der Waals surface area contributed by atoms with Gasteiger partial charge < -0.3 is 15.0 Å². The first-order chi connectivity index (χ1) is 13.0. The molecule has 1 N–H and O–H groups in total. The van der Waals surface area contributed by atoms with E-state index in [0.29, 0.717) is 43.8 Å². The minimum absolute atomic E-state index is 0.0300. The van der Waals surface area contributed by atoms with Crippen LogP contribution in [0.2, 0.25) is 0 Å². The lowest BCUT2D eigenvalue weighted by atomic mass is 10.1. The Bertz CT molecular complexity index is 734. The van der Waals surface area contributed by atoms with Crippen LogP contribution in [-0.4, -0.2) is 54.9 Å². The molecule has 0 spiro atoms. The number of rotatable bonds is 7. The zero-order chi connectivity index (χ0) is 19.4. The molecule has 2 aliphatic heterocycles. The van der Waals surface area contributed by atoms with Gasteiger partial charge in [-0.1, -0.05) is 13.0 Å². The fourth-order valence-electron chi connectivity index (χ4n) is 3.49. The molecule has 0 bridgehead atoms. The van der Waals surface area contributed by atoms with Crippen LogP contribution in [0.5, 0.6) is 5.75 Å². The minimum Gasteiger partial charge on any atom is -0.478 e. The van der Waals surface area contributed by atoms with Crippen LogP contribution in [0.4, 0.5) is 5.69 Å². The maximum atomic E-state index is 12.7. The third-order valence-corrected chi connectivity index (χ3v) is 4.99. The molecule has 0 aliphatic carbocycles. The van der Waals surface area contributed by atoms with Crippen LogP contribution in [0, 0.1) is 6.92 Å². The highest BCUT2D eigenvalue weighted by Gasteiger charge is 2.34. The summed E-state index contributed by atoms with van der Waals surface area (Å²) in [7, 11) is 0. The van der Waals surface area contributed by atoms with Crippen LogP contribution in [0.3, 0.4) is 0 Å². The molecule has 7 heteroatoms. The highest BCUT2D eigenvalue weighted by molar-refractivity contribution is 6.03. The second kappa shape index (κ2) is 8.41. The third kappa shape index (κ3) is 4.40. The smallest absolute Gasteiger partial charge is 0.268 e. The molecular formula is C20H27N3O4. The van der Waals surface area contributed by atoms with E-state index < -0.39 is 6.10 Å². The Hall–Kier alpha value is -2.57. The van der Waals surface area contributed by atoms with E-state index in [4.69, 9.17) is 4.74 Å². The maximum absolute atomic E-state index is 12.7. The minimum atomic E-state index is -0.561. The van der Waals surface area contributed by atoms with Crippen molar-refractivity contribution in [2.24, 2.45) is 0 Å². The maximum Gasteiger partial charge on any atom is 0.268 e. The van der Waals surface area contributed by atoms with Gasteiger partial charge in [0, 0.05) is 26.1 Å². The Morgan fingerprint density at radius 2 is 2.15 bits per heavy atom. The van der Waals surface area contributed by atoms with Crippen molar-refractivity contribution in [2.45, 2.75) is 45.6 Å². The van der Waals surface area contributed by atoms with E-state index >= 15 is 0 Å². The second-order valence-corrected chi connectivity index (χ2v) is 7.10. The molecule has 0 saturated carbocycles. The average Bonchev–Trinajstić information content (AvgIpc) is 3.06. The highest BCUT2D eigenvalue weighted by atomic mass is 16.5. The van der Waals surface area contributed by atoms with Crippen LogP contribution in [0.25, 0.3) is 0 Å². The summed E-state index contributed by atoms with van der Waals surface area (Å²) >= 11 is 0. The first-order valence-corrected chi connectivity index (χ1v) is 9.62. The molecule has 27 heavy (non-hydrogen) atoms. The molecule has 7 nitrogen and oxygen atoms in total. The van der Waals surface area contributed by atoms with Crippen LogP contribution in [0.1, 0.15) is 38.2 Å². The number of carbonyl (C=O) groups excluding carboxylic acids is 3. The molecule has 1 aromatic rings. The van der Waals surface area contributed by atoms with Crippen LogP contribution < -0.4 is 15.0 Å². The molecule has 1 aromatic carbocycles. The number of anilines is 1. The van der Waals surface area contributed by atoms with Crippen LogP contribution >= 0.6 is 0 Å². The van der Waals surface area contributed by atoms with E-state index in [1.165, 1.54) is 4.90 Å². The molecule has 0 radical (unpaired) electrons. The van der Waals surface area contributed by atoms with E-state index in [1.54, 1.807) is 0 Å². The average molecular weight is 373 g/mol. The number of benzene rings is 1. The lowest BCUT2D eigenvalue weighted by Gasteiger charge is -2.34. The zero-order valence-corrected chi connectivity index (χ0v) is 16.0. The van der Waals surface area contributed by atoms with Gasteiger partial charge in [-0.3, -0.25) is 19.3 Å². The van der Waals surface area contributed by atoms with Gasteiger partial charge in [-0.25, -0.2) is 0 Å². The van der Waals surface area contributed by atoms with Gasteiger partial charge in [0.25, 0.3) is 5.91 Å². The standard InChI is InChI=1S/C20H27N3O4/c1-3-16-20(26)23(15-12-14(2)7-8-17(15)27-16)13-18(24)21-9-5-11-22-10-4-6-19(22)25/h7-8,12,16H,3-6,9-11,13H2,1-2H3,(H,21,24)/t16-/m1/s1. The number of hydrogen-bond acceptors (Lipinski definition) is 4. The van der Waals surface area contributed by atoms with Gasteiger partial charge in [-0.2, -0.15) is 0 Å². The van der Waals surface area contributed by atoms with Gasteiger partial charge in [0.15, 0.2) is 6.10 Å². The van der Waals surface area contributed by atoms with E-state index in [9.17, 15) is 14.4 Å². The summed E-state index contributed by atoms with van der Waals surface area (Å²) in [5, 5.41) is 2.86. The number of likely N-dealkylation sites (tertiary alicyclic amines) is 1. The van der Waals surface area contributed by atoms with E-state index in [1.807, 2.05) is 36.9 Å². The van der Waals surface area contributed by atoms with E-state index in [0.717, 1.165) is 18.5 Å². The number of carbonyl (C=O) groups is 3. The summed E-state index contributed by atoms with van der Waals surface area (Å²) in [6.07, 6.45) is 2.25. The summed E-state index contributed by atoms with van der Waals surface area (Å²) in [5.41, 5.74) is 1.64. The Morgan fingerprint density at radius 1 is 1.33 bits per heavy atom. The summed E-state index contributed by atoms with van der Waals surface area (Å²) < 4.78 is 5.77. The Balaban J connectivity index is 1.56. The molecule has 0 aromatic heterocycles. The predicted molar refractivity (Wildman–Crippen MR) is 102 cm³/mol. The van der Waals surface area contributed by atoms with Gasteiger partial charge in [-0.05, 0) is 43.9 Å². The van der Waals surface area contributed by atoms with Crippen LogP contribution in [0.15, 0.2) is 18.2 Å². The van der Waals surface area contributed by atoms with Crippen molar-refractivity contribution in [2.75, 3.05) is 31.1 Å². The van der Waals surface area contributed by atoms with Gasteiger partial charge in [0.05, 0.1) is 5.69 Å². The second-order valence-electron chi connectivity index (χ2n) is 7.10. The first-order valence-electron chi connectivity index (χ1n) is 9.62. The van der Waals surface area contributed by atoms with Crippen molar-refractivity contribution in [1.82, 2.24) is 10.2 Å².